The van der Waals surface area contributed by atoms with Gasteiger partial charge in [0, 0.05) is 7.11 Å². The normalized spacial score (nSPS) is 12.9. The van der Waals surface area contributed by atoms with E-state index in [0.29, 0.717) is 15.5 Å². The smallest absolute Gasteiger partial charge is 0.282 e. The van der Waals surface area contributed by atoms with Crippen LogP contribution in [0.2, 0.25) is 0 Å². The fourth-order valence-electron chi connectivity index (χ4n) is 0.893. The first-order valence-corrected chi connectivity index (χ1v) is 5.58. The molecule has 14 heavy (non-hydrogen) atoms. The molecule has 1 heterocycles. The summed E-state index contributed by atoms with van der Waals surface area (Å²) in [5.74, 6) is 0. The minimum Gasteiger partial charge on any atom is -0.380 e. The third kappa shape index (κ3) is 2.65. The predicted molar refractivity (Wildman–Crippen MR) is 60.4 cm³/mol. The summed E-state index contributed by atoms with van der Waals surface area (Å²) in [6.45, 7) is 2.32. The van der Waals surface area contributed by atoms with Crippen molar-refractivity contribution in [2.45, 2.75) is 19.6 Å². The van der Waals surface area contributed by atoms with E-state index in [1.54, 1.807) is 13.3 Å². The quantitative estimate of drug-likeness (QED) is 0.851. The van der Waals surface area contributed by atoms with Gasteiger partial charge in [-0.1, -0.05) is 0 Å². The van der Waals surface area contributed by atoms with Crippen LogP contribution in [0.15, 0.2) is 19.9 Å². The number of ether oxygens (including phenoxy) is 1. The summed E-state index contributed by atoms with van der Waals surface area (Å²) in [6.07, 6.45) is 1.54. The molecule has 0 saturated heterocycles. The molecule has 1 aromatic heterocycles. The zero-order valence-corrected chi connectivity index (χ0v) is 11.0. The van der Waals surface area contributed by atoms with Crippen molar-refractivity contribution in [3.05, 3.63) is 25.5 Å². The van der Waals surface area contributed by atoms with E-state index < -0.39 is 0 Å². The van der Waals surface area contributed by atoms with Crippen molar-refractivity contribution in [2.24, 2.45) is 0 Å². The summed E-state index contributed by atoms with van der Waals surface area (Å²) in [7, 11) is 1.60. The van der Waals surface area contributed by atoms with E-state index in [1.807, 2.05) is 6.92 Å². The minimum atomic E-state index is -0.164. The van der Waals surface area contributed by atoms with Gasteiger partial charge >= 0.3 is 0 Å². The molecule has 0 bridgehead atoms. The van der Waals surface area contributed by atoms with Crippen molar-refractivity contribution in [3.63, 3.8) is 0 Å². The molecule has 0 radical (unpaired) electrons. The summed E-state index contributed by atoms with van der Waals surface area (Å²) in [5, 5.41) is 3.97. The summed E-state index contributed by atoms with van der Waals surface area (Å²) < 4.78 is 7.56. The van der Waals surface area contributed by atoms with Crippen molar-refractivity contribution in [1.29, 1.82) is 0 Å². The molecule has 1 atom stereocenters. The second-order valence-electron chi connectivity index (χ2n) is 2.84. The van der Waals surface area contributed by atoms with Crippen molar-refractivity contribution in [2.75, 3.05) is 7.11 Å². The highest BCUT2D eigenvalue weighted by molar-refractivity contribution is 9.13. The number of nitrogens with zero attached hydrogens (tertiary/aromatic N) is 2. The molecule has 0 fully saturated rings. The van der Waals surface area contributed by atoms with E-state index >= 15 is 0 Å². The Morgan fingerprint density at radius 1 is 1.64 bits per heavy atom. The van der Waals surface area contributed by atoms with E-state index in [2.05, 4.69) is 37.0 Å². The largest absolute Gasteiger partial charge is 0.380 e. The Balaban J connectivity index is 3.00. The number of rotatable bonds is 3. The van der Waals surface area contributed by atoms with Gasteiger partial charge in [-0.3, -0.25) is 4.79 Å². The van der Waals surface area contributed by atoms with Gasteiger partial charge in [0.15, 0.2) is 0 Å². The van der Waals surface area contributed by atoms with Crippen LogP contribution in [0.3, 0.4) is 0 Å². The number of hydrogen-bond acceptors (Lipinski definition) is 3. The van der Waals surface area contributed by atoms with Crippen molar-refractivity contribution < 1.29 is 4.74 Å². The van der Waals surface area contributed by atoms with Crippen LogP contribution < -0.4 is 5.56 Å². The fraction of sp³-hybridized carbons (Fsp3) is 0.500. The van der Waals surface area contributed by atoms with Crippen LogP contribution in [0.25, 0.3) is 0 Å². The van der Waals surface area contributed by atoms with Crippen LogP contribution in [-0.2, 0) is 11.3 Å². The van der Waals surface area contributed by atoms with E-state index in [1.165, 1.54) is 4.68 Å². The van der Waals surface area contributed by atoms with Gasteiger partial charge in [0.25, 0.3) is 5.56 Å². The molecule has 0 aliphatic rings. The monoisotopic (exact) mass is 324 g/mol. The van der Waals surface area contributed by atoms with Gasteiger partial charge in [-0.25, -0.2) is 4.68 Å². The lowest BCUT2D eigenvalue weighted by Gasteiger charge is -2.10. The first-order chi connectivity index (χ1) is 6.56. The molecule has 0 N–H and O–H groups in total. The Morgan fingerprint density at radius 2 is 2.29 bits per heavy atom. The molecule has 0 aromatic carbocycles. The maximum Gasteiger partial charge on any atom is 0.282 e. The van der Waals surface area contributed by atoms with Crippen LogP contribution in [0.5, 0.6) is 0 Å². The molecule has 6 heteroatoms. The van der Waals surface area contributed by atoms with Crippen molar-refractivity contribution >= 4 is 31.9 Å². The number of methoxy groups -OCH3 is 1. The molecule has 0 saturated carbocycles. The summed E-state index contributed by atoms with van der Waals surface area (Å²) >= 11 is 6.39. The predicted octanol–water partition coefficient (Wildman–Crippen LogP) is 1.80. The van der Waals surface area contributed by atoms with Gasteiger partial charge < -0.3 is 4.74 Å². The Bertz CT molecular complexity index is 378. The third-order valence-electron chi connectivity index (χ3n) is 1.77. The van der Waals surface area contributed by atoms with Gasteiger partial charge in [-0.2, -0.15) is 5.10 Å². The molecule has 1 unspecified atom stereocenters. The van der Waals surface area contributed by atoms with Crippen LogP contribution in [0, 0.1) is 0 Å². The Labute approximate surface area is 98.5 Å². The first kappa shape index (κ1) is 11.9. The Hall–Kier alpha value is -0.200. The average molecular weight is 326 g/mol. The van der Waals surface area contributed by atoms with Crippen molar-refractivity contribution in [1.82, 2.24) is 9.78 Å². The maximum atomic E-state index is 11.6. The highest BCUT2D eigenvalue weighted by Crippen LogP contribution is 2.16. The van der Waals surface area contributed by atoms with Gasteiger partial charge in [0.05, 0.1) is 23.3 Å². The lowest BCUT2D eigenvalue weighted by Crippen LogP contribution is -2.28. The van der Waals surface area contributed by atoms with Gasteiger partial charge in [-0.05, 0) is 38.8 Å². The van der Waals surface area contributed by atoms with Crippen LogP contribution in [-0.4, -0.2) is 23.0 Å². The molecule has 78 valence electrons. The first-order valence-electron chi connectivity index (χ1n) is 4.00. The van der Waals surface area contributed by atoms with Crippen LogP contribution in [0.4, 0.5) is 0 Å². The number of aromatic nitrogens is 2. The van der Waals surface area contributed by atoms with Gasteiger partial charge in [0.2, 0.25) is 0 Å². The summed E-state index contributed by atoms with van der Waals surface area (Å²) in [6, 6.07) is 0. The number of hydrogen-bond donors (Lipinski definition) is 0. The Morgan fingerprint density at radius 3 is 2.86 bits per heavy atom. The fourth-order valence-corrected chi connectivity index (χ4v) is 1.46. The third-order valence-corrected chi connectivity index (χ3v) is 3.67. The highest BCUT2D eigenvalue weighted by atomic mass is 79.9. The second kappa shape index (κ2) is 5.04. The minimum absolute atomic E-state index is 0.0340. The zero-order chi connectivity index (χ0) is 10.7. The van der Waals surface area contributed by atoms with Crippen LogP contribution >= 0.6 is 31.9 Å². The molecule has 1 rings (SSSR count). The van der Waals surface area contributed by atoms with E-state index in [-0.39, 0.29) is 11.7 Å². The Kier molecular flexibility index (Phi) is 4.28. The summed E-state index contributed by atoms with van der Waals surface area (Å²) in [4.78, 5) is 11.6. The maximum absolute atomic E-state index is 11.6. The van der Waals surface area contributed by atoms with E-state index in [0.717, 1.165) is 0 Å². The standard InChI is InChI=1S/C8H10Br2N2O2/c1-5(14-2)4-12-8(13)7(10)6(9)3-11-12/h3,5H,4H2,1-2H3. The molecule has 0 aliphatic carbocycles. The van der Waals surface area contributed by atoms with Crippen molar-refractivity contribution in [3.8, 4) is 0 Å². The highest BCUT2D eigenvalue weighted by Gasteiger charge is 2.08. The SMILES string of the molecule is COC(C)Cn1ncc(Br)c(Br)c1=O. The lowest BCUT2D eigenvalue weighted by atomic mass is 10.4. The molecule has 0 spiro atoms. The zero-order valence-electron chi connectivity index (χ0n) is 7.83. The van der Waals surface area contributed by atoms with E-state index in [9.17, 15) is 4.79 Å². The second-order valence-corrected chi connectivity index (χ2v) is 4.49. The van der Waals surface area contributed by atoms with Gasteiger partial charge in [0.1, 0.15) is 4.47 Å². The molecular formula is C8H10Br2N2O2. The summed E-state index contributed by atoms with van der Waals surface area (Å²) in [5.41, 5.74) is -0.164. The van der Waals surface area contributed by atoms with E-state index in [4.69, 9.17) is 4.74 Å². The van der Waals surface area contributed by atoms with Crippen LogP contribution in [0.1, 0.15) is 6.92 Å². The molecule has 1 aromatic rings. The molecule has 0 aliphatic heterocycles. The molecular weight excluding hydrogens is 316 g/mol. The average Bonchev–Trinajstić information content (AvgIpc) is 2.19. The lowest BCUT2D eigenvalue weighted by molar-refractivity contribution is 0.0982. The number of halogens is 2. The molecule has 0 amide bonds. The van der Waals surface area contributed by atoms with Gasteiger partial charge in [-0.15, -0.1) is 0 Å². The topological polar surface area (TPSA) is 44.1 Å². The molecule has 4 nitrogen and oxygen atoms in total.